The lowest BCUT2D eigenvalue weighted by Gasteiger charge is -2.29. The minimum absolute atomic E-state index is 0.682. The smallest absolute Gasteiger partial charge is 0.0220 e. The standard InChI is InChI=1S/C11H27N3/c1-4-7-11(10-13-9-8-12)14(5-2)6-3/h11,13H,4-10,12H2,1-3H3. The molecule has 1 atom stereocenters. The predicted octanol–water partition coefficient (Wildman–Crippen LogP) is 1.05. The van der Waals surface area contributed by atoms with Crippen molar-refractivity contribution >= 4 is 0 Å². The Morgan fingerprint density at radius 2 is 1.86 bits per heavy atom. The van der Waals surface area contributed by atoms with Gasteiger partial charge in [0.2, 0.25) is 0 Å². The lowest BCUT2D eigenvalue weighted by molar-refractivity contribution is 0.200. The van der Waals surface area contributed by atoms with Crippen LogP contribution < -0.4 is 11.1 Å². The van der Waals surface area contributed by atoms with Gasteiger partial charge in [-0.15, -0.1) is 0 Å². The highest BCUT2D eigenvalue weighted by atomic mass is 15.2. The number of hydrogen-bond acceptors (Lipinski definition) is 3. The highest BCUT2D eigenvalue weighted by Crippen LogP contribution is 2.05. The van der Waals surface area contributed by atoms with E-state index in [-0.39, 0.29) is 0 Å². The van der Waals surface area contributed by atoms with Crippen molar-refractivity contribution in [3.8, 4) is 0 Å². The first-order valence-corrected chi connectivity index (χ1v) is 5.94. The summed E-state index contributed by atoms with van der Waals surface area (Å²) in [4.78, 5) is 2.52. The maximum absolute atomic E-state index is 5.45. The van der Waals surface area contributed by atoms with Gasteiger partial charge in [-0.1, -0.05) is 27.2 Å². The van der Waals surface area contributed by atoms with Crippen LogP contribution in [0.15, 0.2) is 0 Å². The minimum atomic E-state index is 0.682. The Morgan fingerprint density at radius 3 is 2.29 bits per heavy atom. The van der Waals surface area contributed by atoms with Crippen molar-refractivity contribution in [2.24, 2.45) is 5.73 Å². The molecule has 0 saturated heterocycles. The van der Waals surface area contributed by atoms with Gasteiger partial charge in [0.25, 0.3) is 0 Å². The molecule has 0 aliphatic carbocycles. The van der Waals surface area contributed by atoms with Gasteiger partial charge >= 0.3 is 0 Å². The van der Waals surface area contributed by atoms with Crippen LogP contribution in [-0.4, -0.2) is 43.7 Å². The molecule has 0 heterocycles. The maximum atomic E-state index is 5.45. The highest BCUT2D eigenvalue weighted by Gasteiger charge is 2.13. The van der Waals surface area contributed by atoms with E-state index in [0.29, 0.717) is 6.04 Å². The highest BCUT2D eigenvalue weighted by molar-refractivity contribution is 4.72. The number of rotatable bonds is 9. The Kier molecular flexibility index (Phi) is 9.35. The molecule has 3 N–H and O–H groups in total. The van der Waals surface area contributed by atoms with Crippen LogP contribution >= 0.6 is 0 Å². The molecule has 86 valence electrons. The number of nitrogens with one attached hydrogen (secondary N) is 1. The Balaban J connectivity index is 3.85. The normalized spacial score (nSPS) is 13.5. The van der Waals surface area contributed by atoms with Crippen molar-refractivity contribution in [3.05, 3.63) is 0 Å². The molecule has 0 fully saturated rings. The first-order chi connectivity index (χ1) is 6.79. The van der Waals surface area contributed by atoms with E-state index >= 15 is 0 Å². The van der Waals surface area contributed by atoms with E-state index in [9.17, 15) is 0 Å². The molecule has 0 radical (unpaired) electrons. The summed E-state index contributed by atoms with van der Waals surface area (Å²) in [6, 6.07) is 0.682. The largest absolute Gasteiger partial charge is 0.329 e. The van der Waals surface area contributed by atoms with E-state index in [0.717, 1.165) is 32.7 Å². The minimum Gasteiger partial charge on any atom is -0.329 e. The summed E-state index contributed by atoms with van der Waals surface area (Å²) in [6.07, 6.45) is 2.53. The van der Waals surface area contributed by atoms with Crippen molar-refractivity contribution in [3.63, 3.8) is 0 Å². The van der Waals surface area contributed by atoms with Crippen LogP contribution in [0.1, 0.15) is 33.6 Å². The zero-order valence-electron chi connectivity index (χ0n) is 10.1. The second-order valence-electron chi connectivity index (χ2n) is 3.66. The molecule has 0 saturated carbocycles. The van der Waals surface area contributed by atoms with Gasteiger partial charge in [0, 0.05) is 25.7 Å². The van der Waals surface area contributed by atoms with Gasteiger partial charge < -0.3 is 11.1 Å². The molecule has 1 unspecified atom stereocenters. The number of nitrogens with two attached hydrogens (primary N) is 1. The lowest BCUT2D eigenvalue weighted by Crippen LogP contribution is -2.43. The summed E-state index contributed by atoms with van der Waals surface area (Å²) in [5, 5.41) is 3.40. The molecule has 3 heteroatoms. The molecule has 0 rings (SSSR count). The summed E-state index contributed by atoms with van der Waals surface area (Å²) in [5.41, 5.74) is 5.45. The van der Waals surface area contributed by atoms with E-state index < -0.39 is 0 Å². The Labute approximate surface area is 89.0 Å². The molecule has 0 aromatic heterocycles. The van der Waals surface area contributed by atoms with E-state index in [1.54, 1.807) is 0 Å². The Morgan fingerprint density at radius 1 is 1.21 bits per heavy atom. The monoisotopic (exact) mass is 201 g/mol. The summed E-state index contributed by atoms with van der Waals surface area (Å²) in [5.74, 6) is 0. The van der Waals surface area contributed by atoms with Crippen LogP contribution in [0.25, 0.3) is 0 Å². The van der Waals surface area contributed by atoms with Crippen LogP contribution in [0.4, 0.5) is 0 Å². The van der Waals surface area contributed by atoms with Gasteiger partial charge in [-0.05, 0) is 19.5 Å². The topological polar surface area (TPSA) is 41.3 Å². The second-order valence-corrected chi connectivity index (χ2v) is 3.66. The summed E-state index contributed by atoms with van der Waals surface area (Å²) in [6.45, 7) is 11.7. The van der Waals surface area contributed by atoms with E-state index in [4.69, 9.17) is 5.73 Å². The molecule has 0 aromatic carbocycles. The number of likely N-dealkylation sites (N-methyl/N-ethyl adjacent to an activating group) is 1. The zero-order valence-corrected chi connectivity index (χ0v) is 10.1. The van der Waals surface area contributed by atoms with Crippen molar-refractivity contribution in [1.29, 1.82) is 0 Å². The molecule has 0 aromatic rings. The molecule has 14 heavy (non-hydrogen) atoms. The van der Waals surface area contributed by atoms with Crippen molar-refractivity contribution in [1.82, 2.24) is 10.2 Å². The average molecular weight is 201 g/mol. The fourth-order valence-electron chi connectivity index (χ4n) is 1.86. The van der Waals surface area contributed by atoms with Crippen molar-refractivity contribution in [2.75, 3.05) is 32.7 Å². The SMILES string of the molecule is CCCC(CNCCN)N(CC)CC. The van der Waals surface area contributed by atoms with E-state index in [2.05, 4.69) is 31.0 Å². The lowest BCUT2D eigenvalue weighted by atomic mass is 10.1. The number of nitrogens with zero attached hydrogens (tertiary/aromatic N) is 1. The third-order valence-corrected chi connectivity index (χ3v) is 2.65. The van der Waals surface area contributed by atoms with Gasteiger partial charge in [-0.3, -0.25) is 4.90 Å². The average Bonchev–Trinajstić information content (AvgIpc) is 2.20. The third kappa shape index (κ3) is 5.58. The van der Waals surface area contributed by atoms with Crippen LogP contribution in [0.3, 0.4) is 0 Å². The molecule has 0 aliphatic heterocycles. The first-order valence-electron chi connectivity index (χ1n) is 5.94. The summed E-state index contributed by atoms with van der Waals surface area (Å²) < 4.78 is 0. The van der Waals surface area contributed by atoms with Crippen LogP contribution in [0.5, 0.6) is 0 Å². The second kappa shape index (κ2) is 9.44. The van der Waals surface area contributed by atoms with Crippen LogP contribution in [-0.2, 0) is 0 Å². The van der Waals surface area contributed by atoms with E-state index in [1.807, 2.05) is 0 Å². The summed E-state index contributed by atoms with van der Waals surface area (Å²) >= 11 is 0. The zero-order chi connectivity index (χ0) is 10.8. The van der Waals surface area contributed by atoms with E-state index in [1.165, 1.54) is 12.8 Å². The van der Waals surface area contributed by atoms with Crippen molar-refractivity contribution < 1.29 is 0 Å². The fourth-order valence-corrected chi connectivity index (χ4v) is 1.86. The third-order valence-electron chi connectivity index (χ3n) is 2.65. The molecular weight excluding hydrogens is 174 g/mol. The van der Waals surface area contributed by atoms with Crippen molar-refractivity contribution in [2.45, 2.75) is 39.7 Å². The van der Waals surface area contributed by atoms with Gasteiger partial charge in [0.05, 0.1) is 0 Å². The maximum Gasteiger partial charge on any atom is 0.0220 e. The van der Waals surface area contributed by atoms with Gasteiger partial charge in [0.15, 0.2) is 0 Å². The van der Waals surface area contributed by atoms with Crippen LogP contribution in [0.2, 0.25) is 0 Å². The molecule has 0 spiro atoms. The molecule has 0 bridgehead atoms. The molecule has 3 nitrogen and oxygen atoms in total. The molecule has 0 aliphatic rings. The first kappa shape index (κ1) is 13.9. The predicted molar refractivity (Wildman–Crippen MR) is 63.5 cm³/mol. The molecular formula is C11H27N3. The van der Waals surface area contributed by atoms with Gasteiger partial charge in [-0.25, -0.2) is 0 Å². The van der Waals surface area contributed by atoms with Gasteiger partial charge in [0.1, 0.15) is 0 Å². The fraction of sp³-hybridized carbons (Fsp3) is 1.00. The quantitative estimate of drug-likeness (QED) is 0.548. The summed E-state index contributed by atoms with van der Waals surface area (Å²) in [7, 11) is 0. The van der Waals surface area contributed by atoms with Crippen LogP contribution in [0, 0.1) is 0 Å². The number of hydrogen-bond donors (Lipinski definition) is 2. The molecule has 0 amide bonds. The Hall–Kier alpha value is -0.120. The Bertz CT molecular complexity index is 113. The van der Waals surface area contributed by atoms with Gasteiger partial charge in [-0.2, -0.15) is 0 Å².